The Balaban J connectivity index is 1.36. The zero-order chi connectivity index (χ0) is 27.5. The van der Waals surface area contributed by atoms with E-state index in [9.17, 15) is 18.8 Å². The summed E-state index contributed by atoms with van der Waals surface area (Å²) in [5.41, 5.74) is 2.90. The molecule has 2 aromatic rings. The van der Waals surface area contributed by atoms with Gasteiger partial charge in [-0.25, -0.2) is 13.9 Å². The first kappa shape index (κ1) is 25.2. The molecule has 0 radical (unpaired) electrons. The summed E-state index contributed by atoms with van der Waals surface area (Å²) in [4.78, 5) is 42.2. The van der Waals surface area contributed by atoms with Gasteiger partial charge < -0.3 is 4.74 Å². The second-order valence-corrected chi connectivity index (χ2v) is 10.6. The maximum atomic E-state index is 13.6. The van der Waals surface area contributed by atoms with Gasteiger partial charge in [-0.2, -0.15) is 5.10 Å². The average Bonchev–Trinajstić information content (AvgIpc) is 3.33. The van der Waals surface area contributed by atoms with Gasteiger partial charge in [0.2, 0.25) is 5.60 Å². The quantitative estimate of drug-likeness (QED) is 0.425. The summed E-state index contributed by atoms with van der Waals surface area (Å²) < 4.78 is 21.8. The van der Waals surface area contributed by atoms with Crippen molar-refractivity contribution in [1.82, 2.24) is 19.6 Å². The maximum Gasteiger partial charge on any atom is 0.334 e. The summed E-state index contributed by atoms with van der Waals surface area (Å²) in [6.45, 7) is 9.45. The van der Waals surface area contributed by atoms with Gasteiger partial charge in [-0.05, 0) is 60.7 Å². The van der Waals surface area contributed by atoms with Crippen molar-refractivity contribution in [2.75, 3.05) is 13.1 Å². The van der Waals surface area contributed by atoms with Crippen molar-refractivity contribution in [3.05, 3.63) is 90.1 Å². The van der Waals surface area contributed by atoms with E-state index in [1.165, 1.54) is 29.9 Å². The van der Waals surface area contributed by atoms with E-state index in [2.05, 4.69) is 31.3 Å². The molecule has 39 heavy (non-hydrogen) atoms. The Morgan fingerprint density at radius 2 is 1.77 bits per heavy atom. The van der Waals surface area contributed by atoms with Gasteiger partial charge >= 0.3 is 6.03 Å². The van der Waals surface area contributed by atoms with Gasteiger partial charge in [0.15, 0.2) is 0 Å². The third-order valence-electron chi connectivity index (χ3n) is 8.40. The van der Waals surface area contributed by atoms with Gasteiger partial charge in [0, 0.05) is 24.9 Å². The number of imide groups is 2. The van der Waals surface area contributed by atoms with Gasteiger partial charge in [0.1, 0.15) is 5.82 Å². The smallest absolute Gasteiger partial charge is 0.334 e. The van der Waals surface area contributed by atoms with Crippen molar-refractivity contribution in [2.45, 2.75) is 44.3 Å². The van der Waals surface area contributed by atoms with E-state index in [1.807, 2.05) is 17.0 Å². The monoisotopic (exact) mass is 528 g/mol. The summed E-state index contributed by atoms with van der Waals surface area (Å²) in [6.07, 6.45) is 10.4. The van der Waals surface area contributed by atoms with Crippen LogP contribution in [-0.4, -0.2) is 62.2 Å². The number of halogens is 1. The maximum absolute atomic E-state index is 13.6. The molecule has 1 saturated carbocycles. The van der Waals surface area contributed by atoms with Crippen LogP contribution in [0.3, 0.4) is 0 Å². The molecule has 2 unspecified atom stereocenters. The first-order valence-corrected chi connectivity index (χ1v) is 13.1. The van der Waals surface area contributed by atoms with Gasteiger partial charge in [0.05, 0.1) is 23.7 Å². The fourth-order valence-corrected chi connectivity index (χ4v) is 6.45. The Bertz CT molecular complexity index is 1450. The Labute approximate surface area is 225 Å². The Hall–Kier alpha value is -4.11. The van der Waals surface area contributed by atoms with Gasteiger partial charge in [-0.1, -0.05) is 30.7 Å². The zero-order valence-corrected chi connectivity index (χ0v) is 21.7. The first-order chi connectivity index (χ1) is 18.7. The predicted molar refractivity (Wildman–Crippen MR) is 142 cm³/mol. The van der Waals surface area contributed by atoms with Crippen molar-refractivity contribution in [1.29, 1.82) is 0 Å². The van der Waals surface area contributed by atoms with Crippen LogP contribution >= 0.6 is 0 Å². The summed E-state index contributed by atoms with van der Waals surface area (Å²) in [5.74, 6) is -1.59. The summed E-state index contributed by atoms with van der Waals surface area (Å²) in [7, 11) is 0. The Morgan fingerprint density at radius 1 is 1.10 bits per heavy atom. The van der Waals surface area contributed by atoms with Gasteiger partial charge in [-0.15, -0.1) is 13.2 Å². The van der Waals surface area contributed by atoms with E-state index in [-0.39, 0.29) is 30.7 Å². The molecule has 6 rings (SSSR count). The van der Waals surface area contributed by atoms with E-state index in [1.54, 1.807) is 12.1 Å². The molecule has 8 nitrogen and oxygen atoms in total. The minimum absolute atomic E-state index is 0.0175. The number of nitrogens with zero attached hydrogens (tertiary/aromatic N) is 4. The Kier molecular flexibility index (Phi) is 5.80. The van der Waals surface area contributed by atoms with Crippen LogP contribution in [-0.2, 0) is 20.7 Å². The first-order valence-electron chi connectivity index (χ1n) is 13.1. The molecule has 3 heterocycles. The van der Waals surface area contributed by atoms with Crippen LogP contribution < -0.4 is 0 Å². The predicted octanol–water partition coefficient (Wildman–Crippen LogP) is 4.37. The molecule has 4 amide bonds. The molecule has 2 atom stereocenters. The van der Waals surface area contributed by atoms with E-state index in [4.69, 9.17) is 4.74 Å². The number of rotatable bonds is 5. The van der Waals surface area contributed by atoms with E-state index < -0.39 is 29.6 Å². The standard InChI is InChI=1S/C30H29FN4O4/c1-4-14-33-26(36)30(27(37)34(15-5-2)28(33)38)13-12-23-25(39-30)11-6-20-16-24-19(17-29(20,23)3)18-32-35(24)22-9-7-21(31)8-10-22/h4-5,7-10,12,16,18,25H,1-2,6,11,13-15,17H2,3H3. The molecule has 9 heteroatoms. The number of carbonyl (C=O) groups is 3. The Morgan fingerprint density at radius 3 is 2.41 bits per heavy atom. The van der Waals surface area contributed by atoms with E-state index in [0.29, 0.717) is 19.3 Å². The molecule has 200 valence electrons. The molecule has 4 aliphatic rings. The molecule has 2 fully saturated rings. The largest absolute Gasteiger partial charge is 0.348 e. The van der Waals surface area contributed by atoms with Gasteiger partial charge in [-0.3, -0.25) is 19.4 Å². The van der Waals surface area contributed by atoms with Crippen molar-refractivity contribution >= 4 is 23.9 Å². The highest BCUT2D eigenvalue weighted by Crippen LogP contribution is 2.54. The molecule has 1 aromatic carbocycles. The molecule has 0 N–H and O–H groups in total. The number of amides is 4. The number of allylic oxidation sites excluding steroid dienone is 1. The topological polar surface area (TPSA) is 84.7 Å². The molecule has 1 spiro atoms. The molecular formula is C30H29FN4O4. The lowest BCUT2D eigenvalue weighted by molar-refractivity contribution is -0.185. The number of carbonyl (C=O) groups excluding carboxylic acids is 3. The molecule has 0 bridgehead atoms. The molecule has 1 aromatic heterocycles. The molecule has 1 saturated heterocycles. The highest BCUT2D eigenvalue weighted by Gasteiger charge is 2.61. The number of benzene rings is 1. The molecular weight excluding hydrogens is 499 g/mol. The second kappa shape index (κ2) is 8.98. The van der Waals surface area contributed by atoms with Crippen molar-refractivity contribution in [3.8, 4) is 5.69 Å². The number of hydrogen-bond donors (Lipinski definition) is 0. The van der Waals surface area contributed by atoms with Crippen molar-refractivity contribution in [3.63, 3.8) is 0 Å². The highest BCUT2D eigenvalue weighted by molar-refractivity contribution is 6.21. The average molecular weight is 529 g/mol. The number of hydrogen-bond acceptors (Lipinski definition) is 5. The van der Waals surface area contributed by atoms with Gasteiger partial charge in [0.25, 0.3) is 11.8 Å². The van der Waals surface area contributed by atoms with Crippen LogP contribution in [0.5, 0.6) is 0 Å². The number of fused-ring (bicyclic) bond motifs is 4. The van der Waals surface area contributed by atoms with Crippen LogP contribution in [0.15, 0.2) is 73.0 Å². The second-order valence-electron chi connectivity index (χ2n) is 10.6. The van der Waals surface area contributed by atoms with Crippen molar-refractivity contribution in [2.24, 2.45) is 5.41 Å². The number of barbiturate groups is 1. The minimum Gasteiger partial charge on any atom is -0.348 e. The fraction of sp³-hybridized carbons (Fsp3) is 0.333. The lowest BCUT2D eigenvalue weighted by atomic mass is 9.60. The summed E-state index contributed by atoms with van der Waals surface area (Å²) in [6, 6.07) is 5.56. The highest BCUT2D eigenvalue weighted by atomic mass is 19.1. The molecule has 2 aliphatic carbocycles. The fourth-order valence-electron chi connectivity index (χ4n) is 6.45. The third kappa shape index (κ3) is 3.60. The summed E-state index contributed by atoms with van der Waals surface area (Å²) in [5, 5.41) is 4.59. The van der Waals surface area contributed by atoms with E-state index in [0.717, 1.165) is 32.3 Å². The number of ether oxygens (including phenoxy) is 1. The number of urea groups is 1. The lowest BCUT2D eigenvalue weighted by Crippen LogP contribution is -2.71. The van der Waals surface area contributed by atoms with E-state index >= 15 is 0 Å². The van der Waals surface area contributed by atoms with Crippen LogP contribution in [0.2, 0.25) is 0 Å². The van der Waals surface area contributed by atoms with Crippen molar-refractivity contribution < 1.29 is 23.5 Å². The summed E-state index contributed by atoms with van der Waals surface area (Å²) >= 11 is 0. The zero-order valence-electron chi connectivity index (χ0n) is 21.7. The van der Waals surface area contributed by atoms with Crippen LogP contribution in [0.1, 0.15) is 37.4 Å². The molecule has 2 aliphatic heterocycles. The van der Waals surface area contributed by atoms with Crippen LogP contribution in [0, 0.1) is 11.2 Å². The third-order valence-corrected chi connectivity index (χ3v) is 8.40. The lowest BCUT2D eigenvalue weighted by Gasteiger charge is -2.52. The normalized spacial score (nSPS) is 25.5. The van der Waals surface area contributed by atoms with Crippen LogP contribution in [0.4, 0.5) is 9.18 Å². The SMILES string of the molecule is C=CCN1C(=O)N(CC=C)C(=O)C2(CC=C3C(CCC4=Cc5c(cnn5-c5ccc(F)cc5)CC43C)O2)C1=O. The van der Waals surface area contributed by atoms with Crippen LogP contribution in [0.25, 0.3) is 11.8 Å². The number of aromatic nitrogens is 2. The minimum atomic E-state index is -1.79.